The van der Waals surface area contributed by atoms with Crippen molar-refractivity contribution < 1.29 is 35.6 Å². The zero-order valence-corrected chi connectivity index (χ0v) is 24.8. The Kier molecular flexibility index (Phi) is 9.94. The molecular weight excluding hydrogens is 598 g/mol. The molecule has 0 aliphatic carbocycles. The first-order chi connectivity index (χ1) is 19.4. The number of halogens is 5. The van der Waals surface area contributed by atoms with Crippen LogP contribution in [-0.4, -0.2) is 43.3 Å². The fourth-order valence-corrected chi connectivity index (χ4v) is 5.65. The molecule has 0 bridgehead atoms. The highest BCUT2D eigenvalue weighted by Gasteiger charge is 2.37. The Bertz CT molecular complexity index is 1540. The van der Waals surface area contributed by atoms with Crippen molar-refractivity contribution in [1.29, 1.82) is 0 Å². The van der Waals surface area contributed by atoms with E-state index in [1.165, 1.54) is 49.4 Å². The van der Waals surface area contributed by atoms with Crippen LogP contribution in [0.4, 0.5) is 23.2 Å². The number of carbonyl (C=O) groups is 2. The maximum atomic E-state index is 14.6. The van der Waals surface area contributed by atoms with E-state index in [2.05, 4.69) is 5.32 Å². The molecule has 0 fully saturated rings. The Morgan fingerprint density at radius 2 is 1.55 bits per heavy atom. The minimum atomic E-state index is -4.92. The Labute approximate surface area is 247 Å². The molecule has 0 spiro atoms. The number of carbonyl (C=O) groups excluding carboxylic acids is 2. The SMILES string of the molecule is C[C@H](C(=O)NC(C)(C)C)N(Cc1ccccc1F)C(=O)CN(c1ccc(Cl)c(C(F)(F)F)c1)S(=O)(=O)c1ccccc1. The second kappa shape index (κ2) is 12.7. The van der Waals surface area contributed by atoms with E-state index in [1.807, 2.05) is 0 Å². The zero-order valence-electron chi connectivity index (χ0n) is 23.2. The average Bonchev–Trinajstić information content (AvgIpc) is 2.90. The highest BCUT2D eigenvalue weighted by Crippen LogP contribution is 2.38. The number of rotatable bonds is 9. The molecule has 0 aliphatic rings. The molecule has 0 saturated heterocycles. The van der Waals surface area contributed by atoms with Crippen LogP contribution in [0.15, 0.2) is 77.7 Å². The van der Waals surface area contributed by atoms with Gasteiger partial charge in [0, 0.05) is 17.6 Å². The van der Waals surface area contributed by atoms with Crippen molar-refractivity contribution in [2.45, 2.75) is 56.9 Å². The fraction of sp³-hybridized carbons (Fsp3) is 0.310. The lowest BCUT2D eigenvalue weighted by Gasteiger charge is -2.33. The van der Waals surface area contributed by atoms with Crippen LogP contribution in [0.1, 0.15) is 38.8 Å². The van der Waals surface area contributed by atoms with E-state index in [9.17, 15) is 35.6 Å². The smallest absolute Gasteiger partial charge is 0.350 e. The molecule has 2 amide bonds. The Balaban J connectivity index is 2.13. The van der Waals surface area contributed by atoms with Gasteiger partial charge in [-0.05, 0) is 64.1 Å². The van der Waals surface area contributed by atoms with Crippen molar-refractivity contribution in [2.24, 2.45) is 0 Å². The molecule has 0 unspecified atom stereocenters. The van der Waals surface area contributed by atoms with Gasteiger partial charge in [0.25, 0.3) is 10.0 Å². The second-order valence-corrected chi connectivity index (χ2v) is 12.8. The lowest BCUT2D eigenvalue weighted by Crippen LogP contribution is -2.54. The van der Waals surface area contributed by atoms with Crippen LogP contribution >= 0.6 is 11.6 Å². The van der Waals surface area contributed by atoms with Crippen LogP contribution in [0.25, 0.3) is 0 Å². The number of nitrogens with zero attached hydrogens (tertiary/aromatic N) is 2. The molecule has 3 aromatic rings. The van der Waals surface area contributed by atoms with E-state index in [-0.39, 0.29) is 10.5 Å². The van der Waals surface area contributed by atoms with Gasteiger partial charge < -0.3 is 10.2 Å². The van der Waals surface area contributed by atoms with Crippen molar-refractivity contribution in [3.8, 4) is 0 Å². The van der Waals surface area contributed by atoms with Crippen LogP contribution in [0.3, 0.4) is 0 Å². The molecule has 0 aromatic heterocycles. The van der Waals surface area contributed by atoms with E-state index < -0.39 is 74.8 Å². The summed E-state index contributed by atoms with van der Waals surface area (Å²) in [4.78, 5) is 27.6. The number of sulfonamides is 1. The minimum Gasteiger partial charge on any atom is -0.350 e. The largest absolute Gasteiger partial charge is 0.417 e. The summed E-state index contributed by atoms with van der Waals surface area (Å²) in [5.41, 5.74) is -2.44. The summed E-state index contributed by atoms with van der Waals surface area (Å²) < 4.78 is 83.7. The summed E-state index contributed by atoms with van der Waals surface area (Å²) in [5, 5.41) is 2.06. The topological polar surface area (TPSA) is 86.8 Å². The third-order valence-electron chi connectivity index (χ3n) is 6.12. The molecule has 3 aromatic carbocycles. The predicted octanol–water partition coefficient (Wildman–Crippen LogP) is 6.03. The fourth-order valence-electron chi connectivity index (χ4n) is 4.00. The van der Waals surface area contributed by atoms with Gasteiger partial charge in [0.1, 0.15) is 18.4 Å². The highest BCUT2D eigenvalue weighted by atomic mass is 35.5. The Morgan fingerprint density at radius 3 is 2.12 bits per heavy atom. The molecule has 7 nitrogen and oxygen atoms in total. The third-order valence-corrected chi connectivity index (χ3v) is 8.24. The number of benzene rings is 3. The van der Waals surface area contributed by atoms with Gasteiger partial charge >= 0.3 is 6.18 Å². The maximum Gasteiger partial charge on any atom is 0.417 e. The lowest BCUT2D eigenvalue weighted by molar-refractivity contribution is -0.140. The number of hydrogen-bond acceptors (Lipinski definition) is 4. The first kappa shape index (κ1) is 32.9. The molecule has 0 saturated carbocycles. The molecule has 0 radical (unpaired) electrons. The van der Waals surface area contributed by atoms with Gasteiger partial charge in [-0.3, -0.25) is 13.9 Å². The number of nitrogens with one attached hydrogen (secondary N) is 1. The zero-order chi connectivity index (χ0) is 31.5. The van der Waals surface area contributed by atoms with Crippen molar-refractivity contribution in [3.05, 3.63) is 94.8 Å². The van der Waals surface area contributed by atoms with Crippen LogP contribution in [-0.2, 0) is 32.3 Å². The molecule has 13 heteroatoms. The average molecular weight is 628 g/mol. The molecule has 0 heterocycles. The summed E-state index contributed by atoms with van der Waals surface area (Å²) in [6, 6.07) is 13.6. The van der Waals surface area contributed by atoms with E-state index >= 15 is 0 Å². The van der Waals surface area contributed by atoms with Gasteiger partial charge in [0.2, 0.25) is 11.8 Å². The molecule has 226 valence electrons. The quantitative estimate of drug-likeness (QED) is 0.294. The van der Waals surface area contributed by atoms with Gasteiger partial charge in [0.15, 0.2) is 0 Å². The first-order valence-electron chi connectivity index (χ1n) is 12.7. The van der Waals surface area contributed by atoms with Gasteiger partial charge in [0.05, 0.1) is 21.2 Å². The monoisotopic (exact) mass is 627 g/mol. The van der Waals surface area contributed by atoms with E-state index in [0.717, 1.165) is 23.1 Å². The van der Waals surface area contributed by atoms with E-state index in [0.29, 0.717) is 10.4 Å². The van der Waals surface area contributed by atoms with Crippen LogP contribution in [0, 0.1) is 5.82 Å². The number of hydrogen-bond donors (Lipinski definition) is 1. The standard InChI is InChI=1S/C29H30ClF4N3O4S/c1-19(27(39)35-28(2,3)4)36(17-20-10-8-9-13-25(20)31)26(38)18-37(42(40,41)22-11-6-5-7-12-22)21-14-15-24(30)23(16-21)29(32,33)34/h5-16,19H,17-18H2,1-4H3,(H,35,39)/t19-/m1/s1. The summed E-state index contributed by atoms with van der Waals surface area (Å²) in [7, 11) is -4.61. The van der Waals surface area contributed by atoms with E-state index in [4.69, 9.17) is 11.6 Å². The molecular formula is C29H30ClF4N3O4S. The number of amides is 2. The van der Waals surface area contributed by atoms with E-state index in [1.54, 1.807) is 26.8 Å². The van der Waals surface area contributed by atoms with Crippen molar-refractivity contribution in [3.63, 3.8) is 0 Å². The first-order valence-corrected chi connectivity index (χ1v) is 14.5. The van der Waals surface area contributed by atoms with Crippen LogP contribution < -0.4 is 9.62 Å². The van der Waals surface area contributed by atoms with Gasteiger partial charge in [-0.15, -0.1) is 0 Å². The number of anilines is 1. The van der Waals surface area contributed by atoms with Crippen molar-refractivity contribution in [1.82, 2.24) is 10.2 Å². The number of alkyl halides is 3. The Morgan fingerprint density at radius 1 is 0.952 bits per heavy atom. The van der Waals surface area contributed by atoms with Gasteiger partial charge in [-0.25, -0.2) is 12.8 Å². The molecule has 1 atom stereocenters. The second-order valence-electron chi connectivity index (χ2n) is 10.5. The summed E-state index contributed by atoms with van der Waals surface area (Å²) >= 11 is 5.76. The maximum absolute atomic E-state index is 14.6. The van der Waals surface area contributed by atoms with Crippen LogP contribution in [0.5, 0.6) is 0 Å². The van der Waals surface area contributed by atoms with Crippen LogP contribution in [0.2, 0.25) is 5.02 Å². The summed E-state index contributed by atoms with van der Waals surface area (Å²) in [5.74, 6) is -2.23. The van der Waals surface area contributed by atoms with Gasteiger partial charge in [-0.2, -0.15) is 13.2 Å². The highest BCUT2D eigenvalue weighted by molar-refractivity contribution is 7.92. The molecule has 3 rings (SSSR count). The lowest BCUT2D eigenvalue weighted by atomic mass is 10.1. The van der Waals surface area contributed by atoms with Crippen molar-refractivity contribution in [2.75, 3.05) is 10.8 Å². The van der Waals surface area contributed by atoms with Gasteiger partial charge in [-0.1, -0.05) is 48.0 Å². The summed E-state index contributed by atoms with van der Waals surface area (Å²) in [6.07, 6.45) is -4.92. The molecule has 1 N–H and O–H groups in total. The molecule has 42 heavy (non-hydrogen) atoms. The third kappa shape index (κ3) is 8.01. The molecule has 0 aliphatic heterocycles. The van der Waals surface area contributed by atoms with Crippen molar-refractivity contribution >= 4 is 39.1 Å². The summed E-state index contributed by atoms with van der Waals surface area (Å²) in [6.45, 7) is 5.12. The minimum absolute atomic E-state index is 0.0459. The Hall–Kier alpha value is -3.64. The predicted molar refractivity (Wildman–Crippen MR) is 152 cm³/mol. The normalized spacial score (nSPS) is 12.9.